The molecular formula is C17H17ClN2O4S. The quantitative estimate of drug-likeness (QED) is 0.608. The van der Waals surface area contributed by atoms with Crippen LogP contribution < -0.4 is 5.32 Å². The molecule has 0 amide bonds. The van der Waals surface area contributed by atoms with Crippen LogP contribution in [0.5, 0.6) is 0 Å². The summed E-state index contributed by atoms with van der Waals surface area (Å²) >= 11 is 5.92. The maximum absolute atomic E-state index is 11.6. The Balaban J connectivity index is 1.83. The molecule has 2 aromatic rings. The van der Waals surface area contributed by atoms with Crippen LogP contribution in [0.15, 0.2) is 47.4 Å². The Morgan fingerprint density at radius 2 is 1.84 bits per heavy atom. The summed E-state index contributed by atoms with van der Waals surface area (Å²) in [5.74, 6) is 0. The first kappa shape index (κ1) is 17.7. The van der Waals surface area contributed by atoms with Crippen LogP contribution >= 0.6 is 11.6 Å². The molecule has 0 unspecified atom stereocenters. The average molecular weight is 381 g/mol. The highest BCUT2D eigenvalue weighted by Crippen LogP contribution is 2.48. The predicted molar refractivity (Wildman–Crippen MR) is 97.1 cm³/mol. The monoisotopic (exact) mass is 380 g/mol. The summed E-state index contributed by atoms with van der Waals surface area (Å²) < 4.78 is 23.2. The van der Waals surface area contributed by atoms with E-state index in [1.54, 1.807) is 0 Å². The van der Waals surface area contributed by atoms with Gasteiger partial charge in [0, 0.05) is 29.3 Å². The Labute approximate surface area is 150 Å². The van der Waals surface area contributed by atoms with Crippen molar-refractivity contribution >= 4 is 32.8 Å². The van der Waals surface area contributed by atoms with Crippen molar-refractivity contribution in [1.82, 2.24) is 0 Å². The number of nitrogens with one attached hydrogen (secondary N) is 1. The minimum Gasteiger partial charge on any atom is -0.379 e. The molecule has 3 rings (SSSR count). The van der Waals surface area contributed by atoms with Gasteiger partial charge in [0.25, 0.3) is 5.69 Å². The molecule has 0 saturated heterocycles. The zero-order valence-electron chi connectivity index (χ0n) is 13.5. The number of halogens is 1. The number of sulfone groups is 1. The number of hydrogen-bond acceptors (Lipinski definition) is 5. The Bertz CT molecular complexity index is 922. The predicted octanol–water partition coefficient (Wildman–Crippen LogP) is 3.80. The van der Waals surface area contributed by atoms with E-state index in [1.165, 1.54) is 12.1 Å². The van der Waals surface area contributed by atoms with Crippen molar-refractivity contribution < 1.29 is 13.3 Å². The van der Waals surface area contributed by atoms with E-state index in [0.29, 0.717) is 17.3 Å². The maximum atomic E-state index is 11.6. The molecule has 0 aromatic heterocycles. The summed E-state index contributed by atoms with van der Waals surface area (Å²) in [7, 11) is -3.50. The van der Waals surface area contributed by atoms with Gasteiger partial charge in [-0.1, -0.05) is 23.7 Å². The Kier molecular flexibility index (Phi) is 4.47. The summed E-state index contributed by atoms with van der Waals surface area (Å²) in [6, 6.07) is 11.5. The minimum atomic E-state index is -3.50. The van der Waals surface area contributed by atoms with Gasteiger partial charge >= 0.3 is 0 Å². The Hall–Kier alpha value is -2.12. The van der Waals surface area contributed by atoms with Crippen LogP contribution in [0.2, 0.25) is 5.02 Å². The third-order valence-corrected chi connectivity index (χ3v) is 5.88. The van der Waals surface area contributed by atoms with Gasteiger partial charge in [-0.25, -0.2) is 8.42 Å². The topological polar surface area (TPSA) is 89.3 Å². The van der Waals surface area contributed by atoms with Gasteiger partial charge in [0.05, 0.1) is 9.82 Å². The molecule has 0 heterocycles. The number of benzene rings is 2. The highest BCUT2D eigenvalue weighted by molar-refractivity contribution is 7.90. The normalized spacial score (nSPS) is 15.6. The first-order valence-electron chi connectivity index (χ1n) is 7.70. The summed E-state index contributed by atoms with van der Waals surface area (Å²) in [5.41, 5.74) is 1.15. The van der Waals surface area contributed by atoms with Crippen LogP contribution in [-0.2, 0) is 15.3 Å². The molecule has 6 nitrogen and oxygen atoms in total. The zero-order valence-corrected chi connectivity index (χ0v) is 15.1. The number of nitro groups is 1. The molecule has 1 saturated carbocycles. The van der Waals surface area contributed by atoms with Crippen molar-refractivity contribution in [3.63, 3.8) is 0 Å². The molecule has 0 radical (unpaired) electrons. The van der Waals surface area contributed by atoms with E-state index in [-0.39, 0.29) is 16.0 Å². The first-order chi connectivity index (χ1) is 11.7. The molecule has 0 spiro atoms. The van der Waals surface area contributed by atoms with Gasteiger partial charge in [-0.2, -0.15) is 0 Å². The fourth-order valence-corrected chi connectivity index (χ4v) is 3.60. The molecule has 1 N–H and O–H groups in total. The molecule has 1 fully saturated rings. The van der Waals surface area contributed by atoms with Crippen molar-refractivity contribution in [2.75, 3.05) is 18.1 Å². The molecule has 1 aliphatic carbocycles. The smallest absolute Gasteiger partial charge is 0.293 e. The lowest BCUT2D eigenvalue weighted by Crippen LogP contribution is -2.20. The highest BCUT2D eigenvalue weighted by atomic mass is 35.5. The van der Waals surface area contributed by atoms with E-state index in [9.17, 15) is 18.5 Å². The second kappa shape index (κ2) is 6.31. The number of nitro benzene ring substituents is 1. The highest BCUT2D eigenvalue weighted by Gasteiger charge is 2.44. The Morgan fingerprint density at radius 3 is 2.36 bits per heavy atom. The van der Waals surface area contributed by atoms with Crippen LogP contribution in [0, 0.1) is 10.1 Å². The molecule has 0 bridgehead atoms. The fraction of sp³-hybridized carbons (Fsp3) is 0.294. The lowest BCUT2D eigenvalue weighted by Gasteiger charge is -2.18. The van der Waals surface area contributed by atoms with Gasteiger partial charge in [-0.3, -0.25) is 10.1 Å². The van der Waals surface area contributed by atoms with E-state index in [0.717, 1.165) is 30.7 Å². The standard InChI is InChI=1S/C17H17ClN2O4S/c1-25(23,24)14-6-7-15(16(10-14)20(21)22)19-11-17(8-9-17)12-2-4-13(18)5-3-12/h2-7,10,19H,8-9,11H2,1H3. The van der Waals surface area contributed by atoms with Gasteiger partial charge in [0.2, 0.25) is 0 Å². The number of rotatable bonds is 6. The third kappa shape index (κ3) is 3.77. The lowest BCUT2D eigenvalue weighted by molar-refractivity contribution is -0.384. The van der Waals surface area contributed by atoms with Crippen molar-refractivity contribution in [2.24, 2.45) is 0 Å². The van der Waals surface area contributed by atoms with E-state index in [4.69, 9.17) is 11.6 Å². The van der Waals surface area contributed by atoms with Gasteiger partial charge in [-0.05, 0) is 42.7 Å². The van der Waals surface area contributed by atoms with Gasteiger partial charge < -0.3 is 5.32 Å². The van der Waals surface area contributed by atoms with Gasteiger partial charge in [0.15, 0.2) is 9.84 Å². The average Bonchev–Trinajstić information content (AvgIpc) is 3.33. The Morgan fingerprint density at radius 1 is 1.20 bits per heavy atom. The van der Waals surface area contributed by atoms with Crippen LogP contribution in [0.25, 0.3) is 0 Å². The molecule has 8 heteroatoms. The lowest BCUT2D eigenvalue weighted by atomic mass is 9.96. The van der Waals surface area contributed by atoms with Gasteiger partial charge in [-0.15, -0.1) is 0 Å². The molecule has 132 valence electrons. The second-order valence-electron chi connectivity index (χ2n) is 6.35. The third-order valence-electron chi connectivity index (χ3n) is 4.52. The van der Waals surface area contributed by atoms with Crippen LogP contribution in [0.3, 0.4) is 0 Å². The minimum absolute atomic E-state index is 0.0615. The molecule has 2 aromatic carbocycles. The van der Waals surface area contributed by atoms with E-state index < -0.39 is 14.8 Å². The van der Waals surface area contributed by atoms with Crippen LogP contribution in [0.4, 0.5) is 11.4 Å². The number of nitrogens with zero attached hydrogens (tertiary/aromatic N) is 1. The van der Waals surface area contributed by atoms with Crippen molar-refractivity contribution in [3.05, 3.63) is 63.2 Å². The number of anilines is 1. The van der Waals surface area contributed by atoms with Crippen molar-refractivity contribution in [3.8, 4) is 0 Å². The maximum Gasteiger partial charge on any atom is 0.293 e. The summed E-state index contributed by atoms with van der Waals surface area (Å²) in [6.07, 6.45) is 2.99. The summed E-state index contributed by atoms with van der Waals surface area (Å²) in [5, 5.41) is 15.1. The van der Waals surface area contributed by atoms with Crippen LogP contribution in [-0.4, -0.2) is 26.1 Å². The molecular weight excluding hydrogens is 364 g/mol. The fourth-order valence-electron chi connectivity index (χ4n) is 2.83. The molecule has 0 aliphatic heterocycles. The number of hydrogen-bond donors (Lipinski definition) is 1. The van der Waals surface area contributed by atoms with Crippen molar-refractivity contribution in [1.29, 1.82) is 0 Å². The van der Waals surface area contributed by atoms with E-state index in [1.807, 2.05) is 24.3 Å². The van der Waals surface area contributed by atoms with E-state index in [2.05, 4.69) is 5.32 Å². The largest absolute Gasteiger partial charge is 0.379 e. The zero-order chi connectivity index (χ0) is 18.2. The molecule has 0 atom stereocenters. The van der Waals surface area contributed by atoms with Gasteiger partial charge in [0.1, 0.15) is 5.69 Å². The summed E-state index contributed by atoms with van der Waals surface area (Å²) in [6.45, 7) is 0.535. The van der Waals surface area contributed by atoms with Crippen molar-refractivity contribution in [2.45, 2.75) is 23.2 Å². The first-order valence-corrected chi connectivity index (χ1v) is 9.97. The second-order valence-corrected chi connectivity index (χ2v) is 8.80. The van der Waals surface area contributed by atoms with E-state index >= 15 is 0 Å². The molecule has 1 aliphatic rings. The molecule has 25 heavy (non-hydrogen) atoms. The SMILES string of the molecule is CS(=O)(=O)c1ccc(NCC2(c3ccc(Cl)cc3)CC2)c([N+](=O)[O-])c1. The van der Waals surface area contributed by atoms with Crippen LogP contribution in [0.1, 0.15) is 18.4 Å². The summed E-state index contributed by atoms with van der Waals surface area (Å²) in [4.78, 5) is 10.7.